The van der Waals surface area contributed by atoms with Crippen molar-refractivity contribution in [3.05, 3.63) is 69.7 Å². The van der Waals surface area contributed by atoms with Crippen LogP contribution in [0.2, 0.25) is 10.0 Å². The average molecular weight is 504 g/mol. The van der Waals surface area contributed by atoms with Gasteiger partial charge >= 0.3 is 0 Å². The lowest BCUT2D eigenvalue weighted by Gasteiger charge is -2.32. The van der Waals surface area contributed by atoms with Crippen molar-refractivity contribution in [2.45, 2.75) is 13.0 Å². The third-order valence-corrected chi connectivity index (χ3v) is 6.48. The zero-order valence-electron chi connectivity index (χ0n) is 18.8. The molecule has 1 aliphatic heterocycles. The molecule has 0 spiro atoms. The molecule has 4 rings (SSSR count). The molecule has 10 heteroatoms. The molecule has 0 aliphatic carbocycles. The summed E-state index contributed by atoms with van der Waals surface area (Å²) in [7, 11) is 2.04. The third-order valence-electron chi connectivity index (χ3n) is 5.77. The summed E-state index contributed by atoms with van der Waals surface area (Å²) in [5.74, 6) is -0.196. The Morgan fingerprint density at radius 1 is 1.12 bits per heavy atom. The molecule has 34 heavy (non-hydrogen) atoms. The maximum Gasteiger partial charge on any atom is 0.255 e. The Morgan fingerprint density at radius 2 is 1.85 bits per heavy atom. The van der Waals surface area contributed by atoms with Gasteiger partial charge in [0.2, 0.25) is 0 Å². The van der Waals surface area contributed by atoms with Gasteiger partial charge in [-0.25, -0.2) is 9.37 Å². The van der Waals surface area contributed by atoms with E-state index in [0.29, 0.717) is 35.5 Å². The lowest BCUT2D eigenvalue weighted by Crippen LogP contribution is -2.47. The van der Waals surface area contributed by atoms with Crippen LogP contribution in [0, 0.1) is 5.82 Å². The molecule has 0 bridgehead atoms. The summed E-state index contributed by atoms with van der Waals surface area (Å²) in [4.78, 5) is 25.4. The summed E-state index contributed by atoms with van der Waals surface area (Å²) >= 11 is 12.3. The smallest absolute Gasteiger partial charge is 0.255 e. The van der Waals surface area contributed by atoms with E-state index in [1.807, 2.05) is 11.9 Å². The van der Waals surface area contributed by atoms with Crippen molar-refractivity contribution in [3.8, 4) is 17.0 Å². The van der Waals surface area contributed by atoms with Gasteiger partial charge in [0, 0.05) is 54.7 Å². The van der Waals surface area contributed by atoms with Gasteiger partial charge in [-0.2, -0.15) is 0 Å². The highest BCUT2D eigenvalue weighted by molar-refractivity contribution is 6.36. The summed E-state index contributed by atoms with van der Waals surface area (Å²) in [6, 6.07) is 7.80. The van der Waals surface area contributed by atoms with Gasteiger partial charge in [-0.05, 0) is 44.3 Å². The molecule has 0 radical (unpaired) electrons. The van der Waals surface area contributed by atoms with E-state index in [4.69, 9.17) is 33.7 Å². The van der Waals surface area contributed by atoms with Crippen LogP contribution in [-0.4, -0.2) is 58.9 Å². The molecule has 1 atom stereocenters. The fourth-order valence-corrected chi connectivity index (χ4v) is 4.42. The molecule has 0 saturated carbocycles. The number of carbonyl (C=O) groups is 1. The van der Waals surface area contributed by atoms with Gasteiger partial charge in [0.05, 0.1) is 16.3 Å². The highest BCUT2D eigenvalue weighted by Gasteiger charge is 2.22. The second-order valence-corrected chi connectivity index (χ2v) is 8.94. The van der Waals surface area contributed by atoms with Crippen LogP contribution in [0.5, 0.6) is 5.75 Å². The molecule has 3 heterocycles. The van der Waals surface area contributed by atoms with E-state index >= 15 is 0 Å². The summed E-state index contributed by atoms with van der Waals surface area (Å²) < 4.78 is 19.9. The van der Waals surface area contributed by atoms with Crippen LogP contribution in [0.25, 0.3) is 11.3 Å². The molecular weight excluding hydrogens is 480 g/mol. The van der Waals surface area contributed by atoms with Gasteiger partial charge < -0.3 is 20.3 Å². The van der Waals surface area contributed by atoms with Gasteiger partial charge in [-0.1, -0.05) is 23.2 Å². The van der Waals surface area contributed by atoms with E-state index in [1.165, 1.54) is 12.1 Å². The summed E-state index contributed by atoms with van der Waals surface area (Å²) in [5, 5.41) is 0.175. The summed E-state index contributed by atoms with van der Waals surface area (Å²) in [5.41, 5.74) is 8.09. The Hall–Kier alpha value is -2.94. The van der Waals surface area contributed by atoms with Crippen molar-refractivity contribution in [3.63, 3.8) is 0 Å². The highest BCUT2D eigenvalue weighted by atomic mass is 35.5. The minimum absolute atomic E-state index is 0.0377. The van der Waals surface area contributed by atoms with E-state index in [-0.39, 0.29) is 27.5 Å². The number of halogens is 3. The van der Waals surface area contributed by atoms with Gasteiger partial charge in [0.1, 0.15) is 11.9 Å². The molecule has 1 unspecified atom stereocenters. The molecule has 1 amide bonds. The van der Waals surface area contributed by atoms with Crippen LogP contribution < -0.4 is 10.5 Å². The van der Waals surface area contributed by atoms with Crippen LogP contribution in [0.4, 0.5) is 10.2 Å². The number of carbonyl (C=O) groups excluding carboxylic acids is 1. The second-order valence-electron chi connectivity index (χ2n) is 8.15. The number of amides is 1. The van der Waals surface area contributed by atoms with Gasteiger partial charge in [-0.3, -0.25) is 9.78 Å². The van der Waals surface area contributed by atoms with E-state index in [2.05, 4.69) is 14.9 Å². The maximum absolute atomic E-state index is 13.9. The van der Waals surface area contributed by atoms with E-state index in [1.54, 1.807) is 37.5 Å². The molecule has 1 fully saturated rings. The fraction of sp³-hybridized carbons (Fsp3) is 0.292. The Bertz CT molecular complexity index is 1200. The summed E-state index contributed by atoms with van der Waals surface area (Å²) in [6.07, 6.45) is 2.44. The molecule has 2 aromatic heterocycles. The number of pyridine rings is 2. The normalized spacial score (nSPS) is 15.3. The Labute approximate surface area is 207 Å². The molecule has 3 aromatic rings. The largest absolute Gasteiger partial charge is 0.482 e. The number of hydrogen-bond donors (Lipinski definition) is 1. The minimum atomic E-state index is -0.688. The number of rotatable bonds is 5. The number of nitrogen functional groups attached to an aromatic ring is 1. The number of likely N-dealkylation sites (N-methyl/N-ethyl adjacent to an activating group) is 1. The highest BCUT2D eigenvalue weighted by Crippen LogP contribution is 2.36. The Balaban J connectivity index is 1.53. The minimum Gasteiger partial charge on any atom is -0.482 e. The van der Waals surface area contributed by atoms with E-state index in [0.717, 1.165) is 13.1 Å². The first-order chi connectivity index (χ1) is 16.2. The molecule has 7 nitrogen and oxygen atoms in total. The standard InChI is InChI=1S/C24H24Cl2FN5O2/c1-14(21-17(25)4-5-18(27)22(21)26)34-20-11-16(13-30-23(20)28)19-6-3-15(12-29-19)24(33)32-9-7-31(2)8-10-32/h3-6,11-14H,7-10H2,1-2H3,(H2,28,30). The molecule has 1 aliphatic rings. The lowest BCUT2D eigenvalue weighted by atomic mass is 10.1. The average Bonchev–Trinajstić information content (AvgIpc) is 2.83. The number of anilines is 1. The van der Waals surface area contributed by atoms with Crippen molar-refractivity contribution in [2.75, 3.05) is 39.0 Å². The van der Waals surface area contributed by atoms with Crippen molar-refractivity contribution in [2.24, 2.45) is 0 Å². The topological polar surface area (TPSA) is 84.6 Å². The molecule has 1 aromatic carbocycles. The monoisotopic (exact) mass is 503 g/mol. The Morgan fingerprint density at radius 3 is 2.53 bits per heavy atom. The number of piperazine rings is 1. The zero-order valence-corrected chi connectivity index (χ0v) is 20.3. The van der Waals surface area contributed by atoms with Crippen molar-refractivity contribution in [1.29, 1.82) is 0 Å². The second kappa shape index (κ2) is 10.1. The fourth-order valence-electron chi connectivity index (χ4n) is 3.74. The van der Waals surface area contributed by atoms with Crippen LogP contribution in [0.3, 0.4) is 0 Å². The number of nitrogens with zero attached hydrogens (tertiary/aromatic N) is 4. The van der Waals surface area contributed by atoms with E-state index in [9.17, 15) is 9.18 Å². The van der Waals surface area contributed by atoms with Gasteiger partial charge in [0.25, 0.3) is 5.91 Å². The molecule has 1 saturated heterocycles. The quantitative estimate of drug-likeness (QED) is 0.508. The van der Waals surface area contributed by atoms with Gasteiger partial charge in [0.15, 0.2) is 11.6 Å². The number of ether oxygens (including phenoxy) is 1. The SMILES string of the molecule is CC(Oc1cc(-c2ccc(C(=O)N3CCN(C)CC3)cn2)cnc1N)c1c(Cl)ccc(F)c1Cl. The van der Waals surface area contributed by atoms with Crippen molar-refractivity contribution < 1.29 is 13.9 Å². The zero-order chi connectivity index (χ0) is 24.4. The lowest BCUT2D eigenvalue weighted by molar-refractivity contribution is 0.0663. The third kappa shape index (κ3) is 5.09. The number of aromatic nitrogens is 2. The van der Waals surface area contributed by atoms with Crippen molar-refractivity contribution in [1.82, 2.24) is 19.8 Å². The number of hydrogen-bond acceptors (Lipinski definition) is 6. The molecule has 2 N–H and O–H groups in total. The first kappa shape index (κ1) is 24.2. The predicted octanol–water partition coefficient (Wildman–Crippen LogP) is 4.70. The maximum atomic E-state index is 13.9. The summed E-state index contributed by atoms with van der Waals surface area (Å²) in [6.45, 7) is 4.77. The first-order valence-corrected chi connectivity index (χ1v) is 11.5. The first-order valence-electron chi connectivity index (χ1n) is 10.7. The van der Waals surface area contributed by atoms with Crippen LogP contribution in [-0.2, 0) is 0 Å². The van der Waals surface area contributed by atoms with Crippen molar-refractivity contribution >= 4 is 34.9 Å². The van der Waals surface area contributed by atoms with Crippen LogP contribution in [0.1, 0.15) is 28.9 Å². The number of benzene rings is 1. The molecule has 178 valence electrons. The number of nitrogens with two attached hydrogens (primary N) is 1. The van der Waals surface area contributed by atoms with Gasteiger partial charge in [-0.15, -0.1) is 0 Å². The Kier molecular flexibility index (Phi) is 7.21. The van der Waals surface area contributed by atoms with Crippen LogP contribution >= 0.6 is 23.2 Å². The van der Waals surface area contributed by atoms with E-state index < -0.39 is 11.9 Å². The molecular formula is C24H24Cl2FN5O2. The predicted molar refractivity (Wildman–Crippen MR) is 131 cm³/mol. The van der Waals surface area contributed by atoms with Crippen LogP contribution in [0.15, 0.2) is 42.7 Å².